The van der Waals surface area contributed by atoms with Crippen LogP contribution < -0.4 is 0 Å². The molecular weight excluding hydrogens is 805 g/mol. The number of rotatable bonds is 7. The van der Waals surface area contributed by atoms with Gasteiger partial charge in [0, 0.05) is 61.8 Å². The third-order valence-electron chi connectivity index (χ3n) is 12.7. The Balaban J connectivity index is 1.11. The highest BCUT2D eigenvalue weighted by Crippen LogP contribution is 2.43. The summed E-state index contributed by atoms with van der Waals surface area (Å²) in [5, 5.41) is 26.1. The van der Waals surface area contributed by atoms with Gasteiger partial charge in [0.05, 0.1) is 56.5 Å². The lowest BCUT2D eigenvalue weighted by Gasteiger charge is -2.20. The van der Waals surface area contributed by atoms with E-state index in [4.69, 9.17) is 9.97 Å². The van der Waals surface area contributed by atoms with Crippen molar-refractivity contribution >= 4 is 43.6 Å². The summed E-state index contributed by atoms with van der Waals surface area (Å²) in [5.41, 5.74) is 16.0. The minimum Gasteiger partial charge on any atom is -0.308 e. The Labute approximate surface area is 380 Å². The van der Waals surface area contributed by atoms with Crippen LogP contribution in [0.3, 0.4) is 0 Å². The molecule has 0 saturated heterocycles. The monoisotopic (exact) mass is 840 g/mol. The molecule has 0 fully saturated rings. The van der Waals surface area contributed by atoms with Crippen LogP contribution in [0.2, 0.25) is 0 Å². The predicted molar refractivity (Wildman–Crippen MR) is 267 cm³/mol. The van der Waals surface area contributed by atoms with E-state index in [2.05, 4.69) is 161 Å². The minimum atomic E-state index is 0.499. The van der Waals surface area contributed by atoms with E-state index in [0.29, 0.717) is 11.1 Å². The van der Waals surface area contributed by atoms with Gasteiger partial charge in [-0.15, -0.1) is 0 Å². The van der Waals surface area contributed by atoms with Crippen LogP contribution in [-0.2, 0) is 0 Å². The Hall–Kier alpha value is -9.36. The number of aromatic nitrogens is 4. The zero-order chi connectivity index (χ0) is 44.1. The molecule has 0 amide bonds. The molecule has 4 heterocycles. The third kappa shape index (κ3) is 6.33. The molecular formula is C60H36N6. The molecule has 0 N–H and O–H groups in total. The maximum Gasteiger partial charge on any atom is 0.104 e. The Morgan fingerprint density at radius 2 is 0.848 bits per heavy atom. The molecule has 0 bridgehead atoms. The average molecular weight is 841 g/mol. The van der Waals surface area contributed by atoms with E-state index in [1.54, 1.807) is 0 Å². The number of nitriles is 2. The van der Waals surface area contributed by atoms with Crippen molar-refractivity contribution in [1.29, 1.82) is 10.5 Å². The zero-order valence-corrected chi connectivity index (χ0v) is 35.5. The number of hydrogen-bond acceptors (Lipinski definition) is 4. The summed E-state index contributed by atoms with van der Waals surface area (Å²) in [6.45, 7) is 0. The predicted octanol–water partition coefficient (Wildman–Crippen LogP) is 14.7. The Bertz CT molecular complexity index is 3920. The largest absolute Gasteiger partial charge is 0.308 e. The molecule has 6 heteroatoms. The highest BCUT2D eigenvalue weighted by molar-refractivity contribution is 6.12. The molecule has 0 saturated carbocycles. The van der Waals surface area contributed by atoms with Gasteiger partial charge in [-0.25, -0.2) is 0 Å². The SMILES string of the molecule is N#Cc1cccc(-c2ccc(-n3c4ccccc4c4ccc(-c5ccc(-c6ccccc6)nc5)cc43)c(C#N)c2-n2c3ccccc3c3ccc(-c4ccc(-c5ccccc5)nc4)cc32)c1. The van der Waals surface area contributed by atoms with Crippen molar-refractivity contribution in [1.82, 2.24) is 19.1 Å². The van der Waals surface area contributed by atoms with Gasteiger partial charge in [-0.1, -0.05) is 152 Å². The van der Waals surface area contributed by atoms with E-state index < -0.39 is 0 Å². The number of nitrogens with zero attached hydrogens (tertiary/aromatic N) is 6. The summed E-state index contributed by atoms with van der Waals surface area (Å²) in [4.78, 5) is 9.74. The second-order valence-electron chi connectivity index (χ2n) is 16.4. The van der Waals surface area contributed by atoms with Gasteiger partial charge < -0.3 is 9.13 Å². The molecule has 0 radical (unpaired) electrons. The molecule has 6 nitrogen and oxygen atoms in total. The second kappa shape index (κ2) is 15.8. The fraction of sp³-hybridized carbons (Fsp3) is 0. The van der Waals surface area contributed by atoms with Crippen molar-refractivity contribution in [3.05, 3.63) is 230 Å². The first kappa shape index (κ1) is 38.3. The molecule has 0 spiro atoms. The maximum atomic E-state index is 11.7. The molecule has 12 aromatic rings. The molecule has 8 aromatic carbocycles. The first-order valence-corrected chi connectivity index (χ1v) is 21.8. The third-order valence-corrected chi connectivity index (χ3v) is 12.7. The lowest BCUT2D eigenvalue weighted by Crippen LogP contribution is -2.06. The van der Waals surface area contributed by atoms with Gasteiger partial charge in [0.25, 0.3) is 0 Å². The van der Waals surface area contributed by atoms with Crippen LogP contribution in [0.25, 0.3) is 111 Å². The molecule has 0 aliphatic heterocycles. The Morgan fingerprint density at radius 1 is 0.348 bits per heavy atom. The summed E-state index contributed by atoms with van der Waals surface area (Å²) in [6.07, 6.45) is 3.87. The summed E-state index contributed by atoms with van der Waals surface area (Å²) < 4.78 is 4.48. The number of para-hydroxylation sites is 2. The summed E-state index contributed by atoms with van der Waals surface area (Å²) in [5.74, 6) is 0. The van der Waals surface area contributed by atoms with Crippen LogP contribution in [0.15, 0.2) is 219 Å². The van der Waals surface area contributed by atoms with E-state index in [-0.39, 0.29) is 0 Å². The van der Waals surface area contributed by atoms with E-state index in [9.17, 15) is 10.5 Å². The molecule has 66 heavy (non-hydrogen) atoms. The fourth-order valence-electron chi connectivity index (χ4n) is 9.59. The molecule has 12 rings (SSSR count). The topological polar surface area (TPSA) is 83.2 Å². The van der Waals surface area contributed by atoms with E-state index in [1.165, 1.54) is 0 Å². The molecule has 0 aliphatic rings. The van der Waals surface area contributed by atoms with Gasteiger partial charge in [0.2, 0.25) is 0 Å². The van der Waals surface area contributed by atoms with Crippen LogP contribution in [0.4, 0.5) is 0 Å². The Morgan fingerprint density at radius 3 is 1.39 bits per heavy atom. The van der Waals surface area contributed by atoms with E-state index in [0.717, 1.165) is 111 Å². The smallest absolute Gasteiger partial charge is 0.104 e. The molecule has 0 aliphatic carbocycles. The molecule has 0 unspecified atom stereocenters. The lowest BCUT2D eigenvalue weighted by atomic mass is 9.96. The standard InChI is InChI=1S/C60H36N6/c61-35-39-12-11-17-44(32-39)47-28-31-57(65-55-20-9-7-18-48(55)50-26-22-42(33-58(50)65)45-24-29-53(63-37-45)40-13-3-1-4-14-40)52(36-62)60(47)66-56-21-10-8-19-49(56)51-27-23-43(34-59(51)66)46-25-30-54(64-38-46)41-15-5-2-6-16-41/h1-34,37-38H. The maximum absolute atomic E-state index is 11.7. The van der Waals surface area contributed by atoms with E-state index in [1.807, 2.05) is 79.1 Å². The lowest BCUT2D eigenvalue weighted by molar-refractivity contribution is 1.12. The van der Waals surface area contributed by atoms with Gasteiger partial charge in [0.1, 0.15) is 11.6 Å². The van der Waals surface area contributed by atoms with Crippen LogP contribution in [0.1, 0.15) is 11.1 Å². The summed E-state index contributed by atoms with van der Waals surface area (Å²) in [7, 11) is 0. The Kier molecular flexibility index (Phi) is 9.16. The van der Waals surface area contributed by atoms with Crippen LogP contribution in [0, 0.1) is 22.7 Å². The number of fused-ring (bicyclic) bond motifs is 6. The van der Waals surface area contributed by atoms with E-state index >= 15 is 0 Å². The fourth-order valence-corrected chi connectivity index (χ4v) is 9.59. The summed E-state index contributed by atoms with van der Waals surface area (Å²) in [6, 6.07) is 75.5. The van der Waals surface area contributed by atoms with Crippen LogP contribution in [-0.4, -0.2) is 19.1 Å². The highest BCUT2D eigenvalue weighted by atomic mass is 15.0. The molecule has 0 atom stereocenters. The zero-order valence-electron chi connectivity index (χ0n) is 35.5. The first-order chi connectivity index (χ1) is 32.6. The van der Waals surface area contributed by atoms with Crippen molar-refractivity contribution in [2.45, 2.75) is 0 Å². The summed E-state index contributed by atoms with van der Waals surface area (Å²) >= 11 is 0. The molecule has 4 aromatic heterocycles. The van der Waals surface area contributed by atoms with Crippen molar-refractivity contribution in [3.8, 4) is 79.4 Å². The van der Waals surface area contributed by atoms with Crippen LogP contribution in [0.5, 0.6) is 0 Å². The van der Waals surface area contributed by atoms with Gasteiger partial charge in [-0.2, -0.15) is 10.5 Å². The van der Waals surface area contributed by atoms with Crippen LogP contribution >= 0.6 is 0 Å². The first-order valence-electron chi connectivity index (χ1n) is 21.8. The second-order valence-corrected chi connectivity index (χ2v) is 16.4. The van der Waals surface area contributed by atoms with Crippen molar-refractivity contribution in [2.24, 2.45) is 0 Å². The van der Waals surface area contributed by atoms with Crippen molar-refractivity contribution in [2.75, 3.05) is 0 Å². The number of benzene rings is 8. The van der Waals surface area contributed by atoms with Crippen molar-refractivity contribution < 1.29 is 0 Å². The molecule has 306 valence electrons. The van der Waals surface area contributed by atoms with Crippen molar-refractivity contribution in [3.63, 3.8) is 0 Å². The highest BCUT2D eigenvalue weighted by Gasteiger charge is 2.25. The van der Waals surface area contributed by atoms with Gasteiger partial charge in [-0.05, 0) is 71.3 Å². The van der Waals surface area contributed by atoms with Gasteiger partial charge >= 0.3 is 0 Å². The van der Waals surface area contributed by atoms with Gasteiger partial charge in [0.15, 0.2) is 0 Å². The average Bonchev–Trinajstić information content (AvgIpc) is 3.90. The number of hydrogen-bond donors (Lipinski definition) is 0. The minimum absolute atomic E-state index is 0.499. The number of pyridine rings is 2. The normalized spacial score (nSPS) is 11.3. The quantitative estimate of drug-likeness (QED) is 0.160. The van der Waals surface area contributed by atoms with Gasteiger partial charge in [-0.3, -0.25) is 9.97 Å².